The van der Waals surface area contributed by atoms with Crippen molar-refractivity contribution in [1.29, 1.82) is 0 Å². The molecule has 100 valence electrons. The number of nitrogens with zero attached hydrogens (tertiary/aromatic N) is 2. The third-order valence-corrected chi connectivity index (χ3v) is 3.98. The summed E-state index contributed by atoms with van der Waals surface area (Å²) in [6, 6.07) is 11.2. The van der Waals surface area contributed by atoms with Gasteiger partial charge in [0.25, 0.3) is 0 Å². The van der Waals surface area contributed by atoms with Crippen LogP contribution in [0.5, 0.6) is 0 Å². The van der Waals surface area contributed by atoms with Gasteiger partial charge in [-0.3, -0.25) is 4.98 Å². The molecule has 1 N–H and O–H groups in total. The minimum atomic E-state index is 0.555. The second-order valence-electron chi connectivity index (χ2n) is 5.56. The Labute approximate surface area is 114 Å². The topological polar surface area (TPSA) is 28.2 Å². The summed E-state index contributed by atoms with van der Waals surface area (Å²) in [5.41, 5.74) is 2.41. The molecule has 1 atom stereocenters. The number of rotatable bonds is 2. The SMILES string of the molecule is CC(C)C1CNCCN1c1cccc2ncccc12. The summed E-state index contributed by atoms with van der Waals surface area (Å²) in [7, 11) is 0. The largest absolute Gasteiger partial charge is 0.365 e. The molecule has 2 heterocycles. The van der Waals surface area contributed by atoms with Gasteiger partial charge >= 0.3 is 0 Å². The third kappa shape index (κ3) is 2.30. The lowest BCUT2D eigenvalue weighted by Crippen LogP contribution is -2.53. The van der Waals surface area contributed by atoms with Crippen LogP contribution in [0.2, 0.25) is 0 Å². The number of benzene rings is 1. The Morgan fingerprint density at radius 2 is 2.16 bits per heavy atom. The zero-order valence-electron chi connectivity index (χ0n) is 11.6. The number of piperazine rings is 1. The monoisotopic (exact) mass is 255 g/mol. The van der Waals surface area contributed by atoms with Crippen molar-refractivity contribution in [3.63, 3.8) is 0 Å². The lowest BCUT2D eigenvalue weighted by molar-refractivity contribution is 0.391. The van der Waals surface area contributed by atoms with Gasteiger partial charge in [0.2, 0.25) is 0 Å². The van der Waals surface area contributed by atoms with E-state index < -0.39 is 0 Å². The molecule has 0 bridgehead atoms. The van der Waals surface area contributed by atoms with Gasteiger partial charge in [-0.05, 0) is 30.2 Å². The molecule has 0 spiro atoms. The van der Waals surface area contributed by atoms with E-state index in [4.69, 9.17) is 0 Å². The van der Waals surface area contributed by atoms with Crippen molar-refractivity contribution in [1.82, 2.24) is 10.3 Å². The molecule has 1 unspecified atom stereocenters. The molecule has 3 nitrogen and oxygen atoms in total. The average molecular weight is 255 g/mol. The van der Waals surface area contributed by atoms with E-state index in [9.17, 15) is 0 Å². The third-order valence-electron chi connectivity index (χ3n) is 3.98. The summed E-state index contributed by atoms with van der Waals surface area (Å²) in [6.07, 6.45) is 1.86. The van der Waals surface area contributed by atoms with Crippen molar-refractivity contribution in [2.75, 3.05) is 24.5 Å². The van der Waals surface area contributed by atoms with Crippen molar-refractivity contribution in [3.05, 3.63) is 36.5 Å². The molecule has 1 fully saturated rings. The van der Waals surface area contributed by atoms with E-state index in [1.807, 2.05) is 12.3 Å². The van der Waals surface area contributed by atoms with Gasteiger partial charge in [0.15, 0.2) is 0 Å². The minimum Gasteiger partial charge on any atom is -0.365 e. The quantitative estimate of drug-likeness (QED) is 0.894. The van der Waals surface area contributed by atoms with E-state index >= 15 is 0 Å². The predicted octanol–water partition coefficient (Wildman–Crippen LogP) is 2.67. The van der Waals surface area contributed by atoms with Crippen molar-refractivity contribution in [2.24, 2.45) is 5.92 Å². The lowest BCUT2D eigenvalue weighted by Gasteiger charge is -2.40. The molecule has 0 aliphatic carbocycles. The average Bonchev–Trinajstić information content (AvgIpc) is 2.46. The van der Waals surface area contributed by atoms with E-state index in [2.05, 4.69) is 53.3 Å². The maximum Gasteiger partial charge on any atom is 0.0722 e. The van der Waals surface area contributed by atoms with Gasteiger partial charge in [0, 0.05) is 42.9 Å². The summed E-state index contributed by atoms with van der Waals surface area (Å²) >= 11 is 0. The number of hydrogen-bond donors (Lipinski definition) is 1. The first-order valence-electron chi connectivity index (χ1n) is 7.08. The van der Waals surface area contributed by atoms with Gasteiger partial charge in [-0.2, -0.15) is 0 Å². The van der Waals surface area contributed by atoms with Crippen LogP contribution in [0, 0.1) is 5.92 Å². The highest BCUT2D eigenvalue weighted by Gasteiger charge is 2.26. The molecular weight excluding hydrogens is 234 g/mol. The Bertz CT molecular complexity index is 559. The lowest BCUT2D eigenvalue weighted by atomic mass is 9.99. The standard InChI is InChI=1S/C16H21N3/c1-12(2)16-11-17-9-10-19(16)15-7-3-6-14-13(15)5-4-8-18-14/h3-8,12,16-17H,9-11H2,1-2H3. The summed E-state index contributed by atoms with van der Waals surface area (Å²) in [4.78, 5) is 7.01. The molecule has 2 aromatic rings. The zero-order chi connectivity index (χ0) is 13.2. The number of nitrogens with one attached hydrogen (secondary N) is 1. The molecule has 1 aliphatic heterocycles. The molecule has 3 rings (SSSR count). The van der Waals surface area contributed by atoms with Crippen molar-refractivity contribution in [3.8, 4) is 0 Å². The fourth-order valence-electron chi connectivity index (χ4n) is 2.96. The van der Waals surface area contributed by atoms with Gasteiger partial charge in [0.05, 0.1) is 5.52 Å². The first-order valence-corrected chi connectivity index (χ1v) is 7.08. The number of aromatic nitrogens is 1. The molecule has 1 aliphatic rings. The highest BCUT2D eigenvalue weighted by Crippen LogP contribution is 2.29. The number of hydrogen-bond acceptors (Lipinski definition) is 3. The van der Waals surface area contributed by atoms with Crippen molar-refractivity contribution < 1.29 is 0 Å². The van der Waals surface area contributed by atoms with Crippen LogP contribution in [0.3, 0.4) is 0 Å². The number of fused-ring (bicyclic) bond motifs is 1. The van der Waals surface area contributed by atoms with Gasteiger partial charge in [-0.15, -0.1) is 0 Å². The first kappa shape index (κ1) is 12.4. The maximum atomic E-state index is 4.46. The van der Waals surface area contributed by atoms with Crippen LogP contribution in [0.1, 0.15) is 13.8 Å². The fourth-order valence-corrected chi connectivity index (χ4v) is 2.96. The molecule has 1 aromatic heterocycles. The summed E-state index contributed by atoms with van der Waals surface area (Å²) in [6.45, 7) is 7.78. The molecule has 3 heteroatoms. The van der Waals surface area contributed by atoms with Gasteiger partial charge in [-0.25, -0.2) is 0 Å². The zero-order valence-corrected chi connectivity index (χ0v) is 11.6. The van der Waals surface area contributed by atoms with Gasteiger partial charge in [0.1, 0.15) is 0 Å². The molecule has 19 heavy (non-hydrogen) atoms. The summed E-state index contributed by atoms with van der Waals surface area (Å²) in [5.74, 6) is 0.639. The molecular formula is C16H21N3. The van der Waals surface area contributed by atoms with E-state index in [1.54, 1.807) is 0 Å². The Morgan fingerprint density at radius 3 is 3.00 bits per heavy atom. The van der Waals surface area contributed by atoms with Crippen LogP contribution in [-0.4, -0.2) is 30.7 Å². The van der Waals surface area contributed by atoms with Crippen LogP contribution < -0.4 is 10.2 Å². The van der Waals surface area contributed by atoms with Crippen LogP contribution >= 0.6 is 0 Å². The highest BCUT2D eigenvalue weighted by atomic mass is 15.2. The van der Waals surface area contributed by atoms with Crippen LogP contribution in [0.15, 0.2) is 36.5 Å². The Hall–Kier alpha value is -1.61. The minimum absolute atomic E-state index is 0.555. The number of pyridine rings is 1. The predicted molar refractivity (Wildman–Crippen MR) is 80.6 cm³/mol. The second-order valence-corrected chi connectivity index (χ2v) is 5.56. The summed E-state index contributed by atoms with van der Waals surface area (Å²) in [5, 5.41) is 4.77. The van der Waals surface area contributed by atoms with E-state index in [0.717, 1.165) is 25.2 Å². The van der Waals surface area contributed by atoms with Crippen molar-refractivity contribution >= 4 is 16.6 Å². The molecule has 0 amide bonds. The van der Waals surface area contributed by atoms with Crippen LogP contribution in [0.25, 0.3) is 10.9 Å². The van der Waals surface area contributed by atoms with Crippen LogP contribution in [-0.2, 0) is 0 Å². The second kappa shape index (κ2) is 5.17. The molecule has 0 radical (unpaired) electrons. The Kier molecular flexibility index (Phi) is 3.38. The Balaban J connectivity index is 2.07. The van der Waals surface area contributed by atoms with E-state index in [0.29, 0.717) is 12.0 Å². The molecule has 1 saturated heterocycles. The first-order chi connectivity index (χ1) is 9.27. The van der Waals surface area contributed by atoms with Crippen molar-refractivity contribution in [2.45, 2.75) is 19.9 Å². The molecule has 0 saturated carbocycles. The van der Waals surface area contributed by atoms with E-state index in [1.165, 1.54) is 11.1 Å². The number of anilines is 1. The van der Waals surface area contributed by atoms with Gasteiger partial charge < -0.3 is 10.2 Å². The fraction of sp³-hybridized carbons (Fsp3) is 0.438. The van der Waals surface area contributed by atoms with Gasteiger partial charge in [-0.1, -0.05) is 19.9 Å². The normalized spacial score (nSPS) is 20.2. The van der Waals surface area contributed by atoms with E-state index in [-0.39, 0.29) is 0 Å². The maximum absolute atomic E-state index is 4.46. The Morgan fingerprint density at radius 1 is 1.26 bits per heavy atom. The molecule has 1 aromatic carbocycles. The summed E-state index contributed by atoms with van der Waals surface area (Å²) < 4.78 is 0. The van der Waals surface area contributed by atoms with Crippen LogP contribution in [0.4, 0.5) is 5.69 Å². The smallest absolute Gasteiger partial charge is 0.0722 e. The highest BCUT2D eigenvalue weighted by molar-refractivity contribution is 5.91.